The SMILES string of the molecule is Cc1ccc(NC(=O)C(C)CN)cc1C(=O)N(C)C.Cl. The first-order valence-electron chi connectivity index (χ1n) is 6.20. The number of nitrogens with zero attached hydrogens (tertiary/aromatic N) is 1. The number of amides is 2. The predicted octanol–water partition coefficient (Wildman–Crippen LogP) is 1.65. The van der Waals surface area contributed by atoms with Crippen LogP contribution in [-0.2, 0) is 4.79 Å². The molecule has 2 amide bonds. The maximum Gasteiger partial charge on any atom is 0.253 e. The first kappa shape index (κ1) is 18.4. The summed E-state index contributed by atoms with van der Waals surface area (Å²) in [7, 11) is 3.40. The van der Waals surface area contributed by atoms with Gasteiger partial charge in [-0.2, -0.15) is 0 Å². The van der Waals surface area contributed by atoms with Crippen LogP contribution in [0.15, 0.2) is 18.2 Å². The summed E-state index contributed by atoms with van der Waals surface area (Å²) in [6.45, 7) is 3.92. The summed E-state index contributed by atoms with van der Waals surface area (Å²) in [5.74, 6) is -0.482. The van der Waals surface area contributed by atoms with Gasteiger partial charge in [0.2, 0.25) is 5.91 Å². The van der Waals surface area contributed by atoms with Crippen molar-refractivity contribution in [2.75, 3.05) is 26.0 Å². The second kappa shape index (κ2) is 7.87. The number of halogens is 1. The van der Waals surface area contributed by atoms with Gasteiger partial charge in [0.05, 0.1) is 0 Å². The van der Waals surface area contributed by atoms with Crippen LogP contribution >= 0.6 is 12.4 Å². The highest BCUT2D eigenvalue weighted by Gasteiger charge is 2.14. The Balaban J connectivity index is 0.00000361. The van der Waals surface area contributed by atoms with Gasteiger partial charge in [-0.05, 0) is 24.6 Å². The fourth-order valence-electron chi connectivity index (χ4n) is 1.54. The van der Waals surface area contributed by atoms with E-state index in [0.717, 1.165) is 5.56 Å². The largest absolute Gasteiger partial charge is 0.345 e. The smallest absolute Gasteiger partial charge is 0.253 e. The van der Waals surface area contributed by atoms with E-state index in [0.29, 0.717) is 17.8 Å². The molecule has 0 aliphatic carbocycles. The molecule has 0 aliphatic heterocycles. The van der Waals surface area contributed by atoms with Gasteiger partial charge in [0.25, 0.3) is 5.91 Å². The Morgan fingerprint density at radius 2 is 1.95 bits per heavy atom. The molecule has 0 aromatic heterocycles. The molecule has 0 bridgehead atoms. The number of nitrogens with two attached hydrogens (primary N) is 1. The first-order valence-corrected chi connectivity index (χ1v) is 6.20. The number of benzene rings is 1. The lowest BCUT2D eigenvalue weighted by Gasteiger charge is -2.15. The summed E-state index contributed by atoms with van der Waals surface area (Å²) in [4.78, 5) is 25.3. The molecule has 6 heteroatoms. The average molecular weight is 300 g/mol. The standard InChI is InChI=1S/C14H21N3O2.ClH/c1-9-5-6-11(16-13(18)10(2)8-15)7-12(9)14(19)17(3)4;/h5-7,10H,8,15H2,1-4H3,(H,16,18);1H. The zero-order valence-electron chi connectivity index (χ0n) is 12.3. The molecule has 1 aromatic rings. The first-order chi connectivity index (χ1) is 8.86. The highest BCUT2D eigenvalue weighted by Crippen LogP contribution is 2.17. The summed E-state index contributed by atoms with van der Waals surface area (Å²) < 4.78 is 0. The van der Waals surface area contributed by atoms with E-state index < -0.39 is 0 Å². The van der Waals surface area contributed by atoms with Gasteiger partial charge >= 0.3 is 0 Å². The molecule has 3 N–H and O–H groups in total. The molecule has 0 aliphatic rings. The van der Waals surface area contributed by atoms with Crippen molar-refractivity contribution in [1.29, 1.82) is 0 Å². The van der Waals surface area contributed by atoms with Gasteiger partial charge in [0.1, 0.15) is 0 Å². The molecule has 0 radical (unpaired) electrons. The summed E-state index contributed by atoms with van der Waals surface area (Å²) in [5, 5.41) is 2.76. The zero-order valence-corrected chi connectivity index (χ0v) is 13.1. The lowest BCUT2D eigenvalue weighted by molar-refractivity contribution is -0.119. The molecule has 0 saturated heterocycles. The highest BCUT2D eigenvalue weighted by atomic mass is 35.5. The van der Waals surface area contributed by atoms with Crippen molar-refractivity contribution in [2.45, 2.75) is 13.8 Å². The van der Waals surface area contributed by atoms with Crippen molar-refractivity contribution >= 4 is 29.9 Å². The third-order valence-electron chi connectivity index (χ3n) is 2.94. The molecule has 20 heavy (non-hydrogen) atoms. The Labute approximate surface area is 125 Å². The van der Waals surface area contributed by atoms with Crippen molar-refractivity contribution in [3.8, 4) is 0 Å². The van der Waals surface area contributed by atoms with E-state index in [1.165, 1.54) is 4.90 Å². The van der Waals surface area contributed by atoms with Crippen LogP contribution in [-0.4, -0.2) is 37.4 Å². The number of hydrogen-bond donors (Lipinski definition) is 2. The molecule has 1 atom stereocenters. The molecule has 0 heterocycles. The topological polar surface area (TPSA) is 75.4 Å². The van der Waals surface area contributed by atoms with Gasteiger partial charge in [-0.1, -0.05) is 13.0 Å². The van der Waals surface area contributed by atoms with Crippen LogP contribution in [0.4, 0.5) is 5.69 Å². The molecule has 5 nitrogen and oxygen atoms in total. The summed E-state index contributed by atoms with van der Waals surface area (Å²) in [6.07, 6.45) is 0. The van der Waals surface area contributed by atoms with Gasteiger partial charge in [-0.25, -0.2) is 0 Å². The monoisotopic (exact) mass is 299 g/mol. The molecule has 112 valence electrons. The molecule has 0 spiro atoms. The number of carbonyl (C=O) groups excluding carboxylic acids is 2. The second-order valence-corrected chi connectivity index (χ2v) is 4.86. The van der Waals surface area contributed by atoms with Gasteiger partial charge in [-0.15, -0.1) is 12.4 Å². The fourth-order valence-corrected chi connectivity index (χ4v) is 1.54. The molecular formula is C14H22ClN3O2. The maximum absolute atomic E-state index is 12.0. The summed E-state index contributed by atoms with van der Waals surface area (Å²) >= 11 is 0. The van der Waals surface area contributed by atoms with Crippen LogP contribution in [0.3, 0.4) is 0 Å². The van der Waals surface area contributed by atoms with E-state index >= 15 is 0 Å². The summed E-state index contributed by atoms with van der Waals surface area (Å²) in [6, 6.07) is 5.29. The second-order valence-electron chi connectivity index (χ2n) is 4.86. The van der Waals surface area contributed by atoms with Crippen molar-refractivity contribution in [3.05, 3.63) is 29.3 Å². The van der Waals surface area contributed by atoms with Crippen LogP contribution in [0.2, 0.25) is 0 Å². The number of anilines is 1. The van der Waals surface area contributed by atoms with Gasteiger partial charge < -0.3 is 16.0 Å². The van der Waals surface area contributed by atoms with Gasteiger partial charge in [0, 0.05) is 37.8 Å². The quantitative estimate of drug-likeness (QED) is 0.887. The van der Waals surface area contributed by atoms with E-state index in [9.17, 15) is 9.59 Å². The molecule has 1 aromatic carbocycles. The number of hydrogen-bond acceptors (Lipinski definition) is 3. The Morgan fingerprint density at radius 1 is 1.35 bits per heavy atom. The maximum atomic E-state index is 12.0. The van der Waals surface area contributed by atoms with E-state index in [2.05, 4.69) is 5.32 Å². The molecular weight excluding hydrogens is 278 g/mol. The van der Waals surface area contributed by atoms with Crippen LogP contribution in [0, 0.1) is 12.8 Å². The van der Waals surface area contributed by atoms with Crippen LogP contribution < -0.4 is 11.1 Å². The Hall–Kier alpha value is -1.59. The predicted molar refractivity (Wildman–Crippen MR) is 83.3 cm³/mol. The minimum absolute atomic E-state index is 0. The fraction of sp³-hybridized carbons (Fsp3) is 0.429. The number of nitrogens with one attached hydrogen (secondary N) is 1. The van der Waals surface area contributed by atoms with Gasteiger partial charge in [-0.3, -0.25) is 9.59 Å². The summed E-state index contributed by atoms with van der Waals surface area (Å²) in [5.41, 5.74) is 7.52. The normalized spacial score (nSPS) is 11.2. The minimum atomic E-state index is -0.255. The van der Waals surface area contributed by atoms with Crippen LogP contribution in [0.1, 0.15) is 22.8 Å². The zero-order chi connectivity index (χ0) is 14.6. The Morgan fingerprint density at radius 3 is 2.45 bits per heavy atom. The molecule has 0 fully saturated rings. The van der Waals surface area contributed by atoms with Crippen molar-refractivity contribution < 1.29 is 9.59 Å². The average Bonchev–Trinajstić information content (AvgIpc) is 2.38. The van der Waals surface area contributed by atoms with Crippen LogP contribution in [0.5, 0.6) is 0 Å². The van der Waals surface area contributed by atoms with Crippen molar-refractivity contribution in [2.24, 2.45) is 11.7 Å². The van der Waals surface area contributed by atoms with Gasteiger partial charge in [0.15, 0.2) is 0 Å². The lowest BCUT2D eigenvalue weighted by Crippen LogP contribution is -2.27. The highest BCUT2D eigenvalue weighted by molar-refractivity contribution is 5.98. The Bertz CT molecular complexity index is 489. The lowest BCUT2D eigenvalue weighted by atomic mass is 10.1. The third kappa shape index (κ3) is 4.51. The third-order valence-corrected chi connectivity index (χ3v) is 2.94. The van der Waals surface area contributed by atoms with E-state index in [-0.39, 0.29) is 30.1 Å². The van der Waals surface area contributed by atoms with E-state index in [1.54, 1.807) is 33.2 Å². The number of rotatable bonds is 4. The molecule has 1 rings (SSSR count). The Kier molecular flexibility index (Phi) is 7.24. The van der Waals surface area contributed by atoms with Crippen molar-refractivity contribution in [3.63, 3.8) is 0 Å². The molecule has 1 unspecified atom stereocenters. The van der Waals surface area contributed by atoms with Crippen molar-refractivity contribution in [1.82, 2.24) is 4.90 Å². The number of carbonyl (C=O) groups is 2. The van der Waals surface area contributed by atoms with E-state index in [4.69, 9.17) is 5.73 Å². The number of aryl methyl sites for hydroxylation is 1. The van der Waals surface area contributed by atoms with E-state index in [1.807, 2.05) is 13.0 Å². The van der Waals surface area contributed by atoms with Crippen LogP contribution in [0.25, 0.3) is 0 Å². The molecule has 0 saturated carbocycles. The minimum Gasteiger partial charge on any atom is -0.345 e.